The van der Waals surface area contributed by atoms with Crippen molar-refractivity contribution in [1.29, 1.82) is 0 Å². The zero-order valence-electron chi connectivity index (χ0n) is 21.5. The Morgan fingerprint density at radius 1 is 0.973 bits per heavy atom. The summed E-state index contributed by atoms with van der Waals surface area (Å²) in [6.07, 6.45) is 8.10. The van der Waals surface area contributed by atoms with Gasteiger partial charge in [-0.15, -0.1) is 11.8 Å². The molecule has 4 nitrogen and oxygen atoms in total. The molecule has 6 heteroatoms. The van der Waals surface area contributed by atoms with Gasteiger partial charge in [-0.1, -0.05) is 54.8 Å². The third-order valence-electron chi connectivity index (χ3n) is 9.37. The van der Waals surface area contributed by atoms with Gasteiger partial charge in [-0.3, -0.25) is 0 Å². The third kappa shape index (κ3) is 5.13. The van der Waals surface area contributed by atoms with Crippen LogP contribution in [0.1, 0.15) is 62.0 Å². The van der Waals surface area contributed by atoms with Gasteiger partial charge in [-0.05, 0) is 54.5 Å². The molecule has 4 fully saturated rings. The summed E-state index contributed by atoms with van der Waals surface area (Å²) in [6.45, 7) is 4.36. The van der Waals surface area contributed by atoms with Crippen molar-refractivity contribution in [2.24, 2.45) is 17.8 Å². The maximum absolute atomic E-state index is 13.3. The van der Waals surface area contributed by atoms with Crippen molar-refractivity contribution in [3.63, 3.8) is 0 Å². The van der Waals surface area contributed by atoms with Gasteiger partial charge in [-0.2, -0.15) is 0 Å². The van der Waals surface area contributed by atoms with Crippen LogP contribution in [-0.4, -0.2) is 40.1 Å². The van der Waals surface area contributed by atoms with Crippen LogP contribution in [-0.2, 0) is 12.1 Å². The first-order valence-electron chi connectivity index (χ1n) is 14.0. The van der Waals surface area contributed by atoms with E-state index in [2.05, 4.69) is 11.2 Å². The topological polar surface area (TPSA) is 46.3 Å². The molecule has 0 radical (unpaired) electrons. The summed E-state index contributed by atoms with van der Waals surface area (Å²) >= 11 is 1.86. The van der Waals surface area contributed by atoms with Crippen molar-refractivity contribution >= 4 is 11.8 Å². The van der Waals surface area contributed by atoms with Crippen LogP contribution in [0.25, 0.3) is 0 Å². The summed E-state index contributed by atoms with van der Waals surface area (Å²) in [5.41, 5.74) is 0.492. The Balaban J connectivity index is 1.19. The average Bonchev–Trinajstić information content (AvgIpc) is 3.42. The summed E-state index contributed by atoms with van der Waals surface area (Å²) in [4.78, 5) is 1.15. The highest BCUT2D eigenvalue weighted by atomic mass is 32.2. The van der Waals surface area contributed by atoms with E-state index in [1.54, 1.807) is 12.1 Å². The van der Waals surface area contributed by atoms with Gasteiger partial charge in [0.25, 0.3) is 0 Å². The summed E-state index contributed by atoms with van der Waals surface area (Å²) in [5.74, 6) is 3.40. The van der Waals surface area contributed by atoms with Crippen LogP contribution in [0.2, 0.25) is 0 Å². The zero-order valence-corrected chi connectivity index (χ0v) is 22.3. The number of benzene rings is 2. The molecule has 37 heavy (non-hydrogen) atoms. The van der Waals surface area contributed by atoms with Gasteiger partial charge in [0.1, 0.15) is 23.7 Å². The number of hydrogen-bond acceptors (Lipinski definition) is 4. The minimum Gasteiger partial charge on any atom is -0.378 e. The quantitative estimate of drug-likeness (QED) is 0.262. The maximum Gasteiger partial charge on any atom is 0.191 e. The largest absolute Gasteiger partial charge is 0.378 e. The van der Waals surface area contributed by atoms with Crippen LogP contribution >= 0.6 is 11.8 Å². The number of quaternary nitrogens is 1. The van der Waals surface area contributed by atoms with E-state index in [4.69, 9.17) is 4.52 Å². The molecular formula is C31H38FN2O2S+. The molecular weight excluding hydrogens is 483 g/mol. The van der Waals surface area contributed by atoms with E-state index < -0.39 is 5.60 Å². The van der Waals surface area contributed by atoms with Crippen LogP contribution in [0.4, 0.5) is 4.39 Å². The van der Waals surface area contributed by atoms with E-state index >= 15 is 0 Å². The van der Waals surface area contributed by atoms with Gasteiger partial charge in [-0.25, -0.2) is 4.39 Å². The highest BCUT2D eigenvalue weighted by Gasteiger charge is 2.47. The van der Waals surface area contributed by atoms with E-state index in [-0.39, 0.29) is 11.7 Å². The average molecular weight is 522 g/mol. The van der Waals surface area contributed by atoms with E-state index in [9.17, 15) is 9.50 Å². The van der Waals surface area contributed by atoms with E-state index in [1.807, 2.05) is 54.2 Å². The fourth-order valence-corrected chi connectivity index (χ4v) is 8.40. The number of aliphatic hydroxyl groups is 1. The molecule has 1 aromatic heterocycles. The summed E-state index contributed by atoms with van der Waals surface area (Å²) in [5, 5.41) is 16.7. The number of hydrogen-bond donors (Lipinski definition) is 1. The fourth-order valence-electron chi connectivity index (χ4n) is 7.28. The number of nitrogens with zero attached hydrogens (tertiary/aromatic N) is 2. The van der Waals surface area contributed by atoms with Crippen LogP contribution in [0, 0.1) is 23.6 Å². The van der Waals surface area contributed by atoms with Gasteiger partial charge in [0.05, 0.1) is 19.6 Å². The predicted molar refractivity (Wildman–Crippen MR) is 144 cm³/mol. The van der Waals surface area contributed by atoms with Crippen molar-refractivity contribution in [2.45, 2.75) is 62.0 Å². The third-order valence-corrected chi connectivity index (χ3v) is 10.6. The second-order valence-corrected chi connectivity index (χ2v) is 12.7. The Labute approximate surface area is 223 Å². The number of halogens is 1. The molecule has 3 saturated heterocycles. The number of thioether (sulfide) groups is 1. The molecule has 1 N–H and O–H groups in total. The van der Waals surface area contributed by atoms with Crippen molar-refractivity contribution in [3.05, 3.63) is 83.5 Å². The molecule has 4 aliphatic rings. The predicted octanol–water partition coefficient (Wildman–Crippen LogP) is 6.78. The molecule has 3 aromatic rings. The lowest BCUT2D eigenvalue weighted by Gasteiger charge is -2.52. The molecule has 196 valence electrons. The Morgan fingerprint density at radius 3 is 2.43 bits per heavy atom. The molecule has 7 rings (SSSR count). The number of piperidine rings is 3. The van der Waals surface area contributed by atoms with Crippen molar-refractivity contribution in [2.75, 3.05) is 25.4 Å². The van der Waals surface area contributed by atoms with Gasteiger partial charge >= 0.3 is 0 Å². The molecule has 2 bridgehead atoms. The Morgan fingerprint density at radius 2 is 1.70 bits per heavy atom. The smallest absolute Gasteiger partial charge is 0.191 e. The van der Waals surface area contributed by atoms with Gasteiger partial charge in [0, 0.05) is 35.5 Å². The molecule has 2 atom stereocenters. The first-order valence-corrected chi connectivity index (χ1v) is 15.0. The Kier molecular flexibility index (Phi) is 7.17. The summed E-state index contributed by atoms with van der Waals surface area (Å²) in [7, 11) is 0. The molecule has 1 saturated carbocycles. The monoisotopic (exact) mass is 521 g/mol. The number of rotatable bonds is 8. The lowest BCUT2D eigenvalue weighted by Crippen LogP contribution is -2.61. The standard InChI is InChI=1S/C31H38FN2O2S/c32-27-11-13-29(14-12-27)37-22-24-20-34(17-15-23(24)16-18-34)21-28-19-30(33-36-28)31(35,25-7-3-1-4-8-25)26-9-5-2-6-10-26/h1,3-4,7-8,11-14,19,23-24,26,35H,2,5-6,9-10,15-18,20-22H2/q+1/t23?,24?,31-,34?/m1/s1. The number of aromatic nitrogens is 1. The van der Waals surface area contributed by atoms with Gasteiger partial charge in [0.2, 0.25) is 0 Å². The lowest BCUT2D eigenvalue weighted by molar-refractivity contribution is -0.959. The molecule has 1 unspecified atom stereocenters. The maximum atomic E-state index is 13.3. The van der Waals surface area contributed by atoms with E-state index in [1.165, 1.54) is 32.4 Å². The van der Waals surface area contributed by atoms with Crippen molar-refractivity contribution < 1.29 is 18.5 Å². The molecule has 0 amide bonds. The minimum absolute atomic E-state index is 0.159. The summed E-state index contributed by atoms with van der Waals surface area (Å²) < 4.78 is 20.3. The Hall–Kier alpha value is -2.15. The van der Waals surface area contributed by atoms with Crippen LogP contribution < -0.4 is 0 Å². The van der Waals surface area contributed by atoms with Crippen LogP contribution in [0.3, 0.4) is 0 Å². The van der Waals surface area contributed by atoms with E-state index in [0.29, 0.717) is 11.6 Å². The normalized spacial score (nSPS) is 27.7. The van der Waals surface area contributed by atoms with Crippen molar-refractivity contribution in [1.82, 2.24) is 5.16 Å². The van der Waals surface area contributed by atoms with Gasteiger partial charge in [0.15, 0.2) is 5.76 Å². The molecule has 3 aliphatic heterocycles. The SMILES string of the molecule is O[C@@](c1ccccc1)(c1cc(C[N+]23CCC(CC2)C(CSc2ccc(F)cc2)C3)on1)C1CCCCC1. The fraction of sp³-hybridized carbons (Fsp3) is 0.516. The van der Waals surface area contributed by atoms with Crippen molar-refractivity contribution in [3.8, 4) is 0 Å². The second-order valence-electron chi connectivity index (χ2n) is 11.6. The minimum atomic E-state index is -1.10. The highest BCUT2D eigenvalue weighted by molar-refractivity contribution is 7.99. The van der Waals surface area contributed by atoms with Crippen LogP contribution in [0.5, 0.6) is 0 Å². The molecule has 0 spiro atoms. The zero-order chi connectivity index (χ0) is 25.3. The first-order chi connectivity index (χ1) is 18.0. The van der Waals surface area contributed by atoms with E-state index in [0.717, 1.165) is 71.1 Å². The van der Waals surface area contributed by atoms with Crippen LogP contribution in [0.15, 0.2) is 70.1 Å². The second kappa shape index (κ2) is 10.5. The summed E-state index contributed by atoms with van der Waals surface area (Å²) in [6, 6.07) is 19.0. The van der Waals surface area contributed by atoms with Gasteiger partial charge < -0.3 is 14.1 Å². The first kappa shape index (κ1) is 25.1. The number of fused-ring (bicyclic) bond motifs is 3. The molecule has 1 aliphatic carbocycles. The molecule has 4 heterocycles. The lowest BCUT2D eigenvalue weighted by atomic mass is 9.71. The highest BCUT2D eigenvalue weighted by Crippen LogP contribution is 2.45. The Bertz CT molecular complexity index is 1170. The molecule has 2 aromatic carbocycles.